The molecule has 0 aromatic heterocycles. The average molecular weight is 1110 g/mol. The molecular weight excluding hydrogens is 1060 g/mol. The smallest absolute Gasteiger partial charge is 0.411 e. The van der Waals surface area contributed by atoms with Gasteiger partial charge in [0.15, 0.2) is 0 Å². The van der Waals surface area contributed by atoms with Crippen LogP contribution in [0.2, 0.25) is 0 Å². The van der Waals surface area contributed by atoms with Crippen LogP contribution in [0.25, 0.3) is 32.7 Å². The number of rotatable bonds is 18. The van der Waals surface area contributed by atoms with Gasteiger partial charge in [0, 0.05) is 77.6 Å². The van der Waals surface area contributed by atoms with Gasteiger partial charge in [-0.1, -0.05) is 170 Å². The van der Waals surface area contributed by atoms with Crippen molar-refractivity contribution in [1.29, 1.82) is 0 Å². The zero-order valence-electron chi connectivity index (χ0n) is 44.4. The number of anilines is 3. The lowest BCUT2D eigenvalue weighted by Crippen LogP contribution is -2.48. The van der Waals surface area contributed by atoms with Gasteiger partial charge in [-0.25, -0.2) is 4.79 Å². The average Bonchev–Trinajstić information content (AvgIpc) is 4.29. The summed E-state index contributed by atoms with van der Waals surface area (Å²) in [5.41, 5.74) is 11.1. The molecule has 9 aromatic rings. The quantitative estimate of drug-likeness (QED) is 0.0850. The maximum Gasteiger partial charge on any atom is 0.411 e. The van der Waals surface area contributed by atoms with Crippen molar-refractivity contribution in [3.05, 3.63) is 233 Å². The third-order valence-electron chi connectivity index (χ3n) is 15.9. The van der Waals surface area contributed by atoms with E-state index in [0.717, 1.165) is 71.6 Å². The van der Waals surface area contributed by atoms with E-state index >= 15 is 9.59 Å². The van der Waals surface area contributed by atoms with Crippen LogP contribution in [0.15, 0.2) is 194 Å². The van der Waals surface area contributed by atoms with Gasteiger partial charge in [0.05, 0.1) is 11.4 Å². The fourth-order valence-electron chi connectivity index (χ4n) is 11.9. The molecule has 81 heavy (non-hydrogen) atoms. The minimum atomic E-state index is -0.575. The largest absolute Gasteiger partial charge is 0.488 e. The van der Waals surface area contributed by atoms with Crippen LogP contribution in [-0.4, -0.2) is 73.3 Å². The van der Waals surface area contributed by atoms with Gasteiger partial charge in [-0.2, -0.15) is 0 Å². The van der Waals surface area contributed by atoms with Crippen molar-refractivity contribution in [3.8, 4) is 22.6 Å². The highest BCUT2D eigenvalue weighted by molar-refractivity contribution is 6.19. The monoisotopic (exact) mass is 1110 g/mol. The molecule has 9 aromatic carbocycles. The molecule has 3 aliphatic rings. The SMILES string of the molecule is O=C(Nc1ccc(CCC(=O)N(CC(=O)N2C[C@@H](CCl)c3c2cc(OCc2ccccc2)c2ccccc32)CC(=O)N2C[C@@H](CCl)c3c2cc(OCc2ccccc2)c2ccccc32)cc1)OCC1c2ccccc2-c2ccccc21. The van der Waals surface area contributed by atoms with Gasteiger partial charge in [-0.15, -0.1) is 23.2 Å². The highest BCUT2D eigenvalue weighted by Gasteiger charge is 2.39. The molecule has 0 saturated carbocycles. The summed E-state index contributed by atoms with van der Waals surface area (Å²) in [6, 6.07) is 63.1. The van der Waals surface area contributed by atoms with Gasteiger partial charge in [0.25, 0.3) is 0 Å². The van der Waals surface area contributed by atoms with Gasteiger partial charge < -0.3 is 28.9 Å². The summed E-state index contributed by atoms with van der Waals surface area (Å²) in [5.74, 6) is 0.168. The van der Waals surface area contributed by atoms with Gasteiger partial charge in [0.1, 0.15) is 44.4 Å². The molecule has 4 amide bonds. The van der Waals surface area contributed by atoms with Gasteiger partial charge in [-0.3, -0.25) is 19.7 Å². The molecule has 0 bridgehead atoms. The van der Waals surface area contributed by atoms with E-state index in [9.17, 15) is 9.59 Å². The number of halogens is 2. The van der Waals surface area contributed by atoms with Crippen molar-refractivity contribution in [2.45, 2.75) is 43.8 Å². The molecule has 2 atom stereocenters. The Hall–Kier alpha value is -8.64. The first-order valence-electron chi connectivity index (χ1n) is 27.4. The Morgan fingerprint density at radius 3 is 1.44 bits per heavy atom. The molecule has 0 unspecified atom stereocenters. The molecule has 2 aliphatic heterocycles. The summed E-state index contributed by atoms with van der Waals surface area (Å²) in [7, 11) is 0. The first kappa shape index (κ1) is 53.0. The van der Waals surface area contributed by atoms with E-state index in [4.69, 9.17) is 37.4 Å². The summed E-state index contributed by atoms with van der Waals surface area (Å²) in [6.07, 6.45) is -0.285. The number of amides is 4. The number of aryl methyl sites for hydroxylation is 1. The second-order valence-electron chi connectivity index (χ2n) is 20.9. The molecule has 0 spiro atoms. The summed E-state index contributed by atoms with van der Waals surface area (Å²) >= 11 is 13.4. The van der Waals surface area contributed by atoms with E-state index in [1.807, 2.05) is 158 Å². The maximum atomic E-state index is 15.1. The highest BCUT2D eigenvalue weighted by atomic mass is 35.5. The van der Waals surface area contributed by atoms with Crippen molar-refractivity contribution in [3.63, 3.8) is 0 Å². The van der Waals surface area contributed by atoms with Crippen LogP contribution in [0.3, 0.4) is 0 Å². The Bertz CT molecular complexity index is 3610. The molecular formula is C68H58Cl2N4O7. The third kappa shape index (κ3) is 10.9. The van der Waals surface area contributed by atoms with Gasteiger partial charge in [0.2, 0.25) is 17.7 Å². The fourth-order valence-corrected chi connectivity index (χ4v) is 12.4. The van der Waals surface area contributed by atoms with Crippen molar-refractivity contribution in [2.24, 2.45) is 0 Å². The standard InChI is InChI=1S/C68H58Cl2N4O7/c69-35-47-37-73(59-33-61(79-41-45-15-3-1-4-16-45)54-23-11-13-25-56(54)66(47)59)64(76)39-72(40-65(77)74-38-48(36-70)67-57-26-14-12-24-55(57)62(34-60(67)74)80-42-46-17-5-2-6-18-46)63(75)32-29-44-27-30-49(31-28-44)71-68(78)81-43-58-52-21-9-7-19-50(52)51-20-8-10-22-53(51)58/h1-28,30-31,33-34,47-48,58H,29,32,35-43H2,(H,71,78)/t47-,48-/m1/s1. The molecule has 11 nitrogen and oxygen atoms in total. The van der Waals surface area contributed by atoms with Crippen LogP contribution in [-0.2, 0) is 38.8 Å². The Morgan fingerprint density at radius 2 is 0.963 bits per heavy atom. The number of nitrogens with one attached hydrogen (secondary N) is 1. The number of fused-ring (bicyclic) bond motifs is 9. The lowest BCUT2D eigenvalue weighted by atomic mass is 9.95. The first-order valence-corrected chi connectivity index (χ1v) is 28.5. The summed E-state index contributed by atoms with van der Waals surface area (Å²) in [5, 5.41) is 6.53. The maximum absolute atomic E-state index is 15.1. The Labute approximate surface area is 480 Å². The number of hydrogen-bond acceptors (Lipinski definition) is 7. The number of carbonyl (C=O) groups excluding carboxylic acids is 4. The third-order valence-corrected chi connectivity index (χ3v) is 16.6. The van der Waals surface area contributed by atoms with E-state index in [1.54, 1.807) is 21.9 Å². The minimum Gasteiger partial charge on any atom is -0.488 e. The molecule has 0 saturated heterocycles. The topological polar surface area (TPSA) is 118 Å². The van der Waals surface area contributed by atoms with E-state index < -0.39 is 6.09 Å². The molecule has 406 valence electrons. The van der Waals surface area contributed by atoms with E-state index in [2.05, 4.69) is 29.6 Å². The predicted octanol–water partition coefficient (Wildman–Crippen LogP) is 14.0. The number of hydrogen-bond donors (Lipinski definition) is 1. The molecule has 0 fully saturated rings. The van der Waals surface area contributed by atoms with E-state index in [1.165, 1.54) is 4.90 Å². The molecule has 2 heterocycles. The molecule has 13 heteroatoms. The van der Waals surface area contributed by atoms with E-state index in [0.29, 0.717) is 48.2 Å². The predicted molar refractivity (Wildman–Crippen MR) is 321 cm³/mol. The van der Waals surface area contributed by atoms with Crippen molar-refractivity contribution in [2.75, 3.05) is 59.7 Å². The summed E-state index contributed by atoms with van der Waals surface area (Å²) in [4.78, 5) is 62.9. The highest BCUT2D eigenvalue weighted by Crippen LogP contribution is 2.48. The van der Waals surface area contributed by atoms with Crippen LogP contribution in [0.1, 0.15) is 63.1 Å². The van der Waals surface area contributed by atoms with Crippen LogP contribution < -0.4 is 24.6 Å². The van der Waals surface area contributed by atoms with Crippen molar-refractivity contribution < 1.29 is 33.4 Å². The fraction of sp³-hybridized carbons (Fsp3) is 0.206. The Kier molecular flexibility index (Phi) is 15.4. The molecule has 1 N–H and O–H groups in total. The number of benzene rings is 9. The zero-order valence-corrected chi connectivity index (χ0v) is 46.0. The lowest BCUT2D eigenvalue weighted by molar-refractivity contribution is -0.138. The van der Waals surface area contributed by atoms with Crippen LogP contribution >= 0.6 is 23.2 Å². The summed E-state index contributed by atoms with van der Waals surface area (Å²) in [6.45, 7) is 0.630. The normalized spacial score (nSPS) is 15.0. The van der Waals surface area contributed by atoms with Crippen molar-refractivity contribution in [1.82, 2.24) is 4.90 Å². The number of nitrogens with zero attached hydrogens (tertiary/aromatic N) is 3. The number of ether oxygens (including phenoxy) is 3. The molecule has 0 radical (unpaired) electrons. The number of alkyl halides is 2. The second kappa shape index (κ2) is 23.6. The zero-order chi connectivity index (χ0) is 55.4. The Balaban J connectivity index is 0.792. The molecule has 1 aliphatic carbocycles. The second-order valence-corrected chi connectivity index (χ2v) is 21.5. The van der Waals surface area contributed by atoms with Gasteiger partial charge in [-0.05, 0) is 79.4 Å². The minimum absolute atomic E-state index is 0.00821. The summed E-state index contributed by atoms with van der Waals surface area (Å²) < 4.78 is 18.8. The Morgan fingerprint density at radius 1 is 0.519 bits per heavy atom. The van der Waals surface area contributed by atoms with Crippen molar-refractivity contribution >= 4 is 85.6 Å². The van der Waals surface area contributed by atoms with Gasteiger partial charge >= 0.3 is 6.09 Å². The van der Waals surface area contributed by atoms with Crippen LogP contribution in [0.4, 0.5) is 21.9 Å². The van der Waals surface area contributed by atoms with E-state index in [-0.39, 0.29) is 86.4 Å². The first-order chi connectivity index (χ1) is 39.7. The number of carbonyl (C=O) groups is 4. The molecule has 12 rings (SSSR count). The van der Waals surface area contributed by atoms with Crippen LogP contribution in [0, 0.1) is 0 Å². The van der Waals surface area contributed by atoms with Crippen LogP contribution in [0.5, 0.6) is 11.5 Å². The lowest BCUT2D eigenvalue weighted by Gasteiger charge is -2.28.